The largest absolute Gasteiger partial charge is 0.373 e. The van der Waals surface area contributed by atoms with Gasteiger partial charge in [-0.25, -0.2) is 17.9 Å². The molecule has 2 heterocycles. The van der Waals surface area contributed by atoms with E-state index in [0.717, 1.165) is 21.6 Å². The van der Waals surface area contributed by atoms with Crippen LogP contribution < -0.4 is 20.9 Å². The number of benzene rings is 2. The lowest BCUT2D eigenvalue weighted by molar-refractivity contribution is 0.256. The highest BCUT2D eigenvalue weighted by Gasteiger charge is 2.19. The second-order valence-electron chi connectivity index (χ2n) is 7.39. The Hall–Kier alpha value is -3.96. The molecule has 2 aromatic heterocycles. The first-order valence-corrected chi connectivity index (χ1v) is 12.4. The van der Waals surface area contributed by atoms with Gasteiger partial charge in [-0.1, -0.05) is 6.07 Å². The summed E-state index contributed by atoms with van der Waals surface area (Å²) < 4.78 is 28.1. The van der Waals surface area contributed by atoms with Crippen molar-refractivity contribution in [2.45, 2.75) is 11.1 Å². The summed E-state index contributed by atoms with van der Waals surface area (Å²) in [7, 11) is -2.29. The van der Waals surface area contributed by atoms with Crippen molar-refractivity contribution in [1.29, 1.82) is 5.41 Å². The summed E-state index contributed by atoms with van der Waals surface area (Å²) in [6, 6.07) is 15.6. The van der Waals surface area contributed by atoms with Crippen LogP contribution in [0, 0.1) is 12.3 Å². The smallest absolute Gasteiger partial charge is 0.333 e. The average Bonchev–Trinajstić information content (AvgIpc) is 3.26. The van der Waals surface area contributed by atoms with Crippen molar-refractivity contribution < 1.29 is 13.2 Å². The van der Waals surface area contributed by atoms with Gasteiger partial charge in [-0.15, -0.1) is 11.3 Å². The molecule has 0 aliphatic heterocycles. The Kier molecular flexibility index (Phi) is 6.22. The summed E-state index contributed by atoms with van der Waals surface area (Å²) in [6.07, 6.45) is 1.64. The van der Waals surface area contributed by atoms with Gasteiger partial charge in [0.2, 0.25) is 0 Å². The molecule has 11 heteroatoms. The molecule has 0 aliphatic rings. The summed E-state index contributed by atoms with van der Waals surface area (Å²) in [6.45, 7) is 1.78. The van der Waals surface area contributed by atoms with Crippen molar-refractivity contribution >= 4 is 49.7 Å². The van der Waals surface area contributed by atoms with Crippen LogP contribution in [0.15, 0.2) is 75.9 Å². The number of carbonyl (C=O) groups is 1. The molecule has 0 aliphatic carbocycles. The molecule has 0 atom stereocenters. The highest BCUT2D eigenvalue weighted by Crippen LogP contribution is 2.21. The molecule has 0 radical (unpaired) electrons. The number of pyridine rings is 1. The number of thiophene rings is 1. The molecular weight excluding hydrogens is 474 g/mol. The molecule has 4 aromatic rings. The maximum atomic E-state index is 13.0. The summed E-state index contributed by atoms with van der Waals surface area (Å²) in [5.74, 6) is 0.261. The summed E-state index contributed by atoms with van der Waals surface area (Å²) >= 11 is 1.07. The third kappa shape index (κ3) is 4.70. The molecule has 4 N–H and O–H groups in total. The van der Waals surface area contributed by atoms with Crippen LogP contribution in [0.2, 0.25) is 0 Å². The fourth-order valence-electron chi connectivity index (χ4n) is 3.34. The molecule has 0 spiro atoms. The average molecular weight is 496 g/mol. The topological polar surface area (TPSA) is 133 Å². The number of hydrogen-bond acceptors (Lipinski definition) is 6. The predicted molar refractivity (Wildman–Crippen MR) is 134 cm³/mol. The highest BCUT2D eigenvalue weighted by molar-refractivity contribution is 7.92. The van der Waals surface area contributed by atoms with Gasteiger partial charge in [-0.05, 0) is 66.9 Å². The Bertz CT molecular complexity index is 1570. The van der Waals surface area contributed by atoms with E-state index in [4.69, 9.17) is 5.41 Å². The molecule has 0 fully saturated rings. The van der Waals surface area contributed by atoms with Crippen LogP contribution in [0.1, 0.15) is 10.4 Å². The standard InChI is InChI=1S/C23H21N5O4S2/c1-14-3-10-20(33-14)34(31,32)27-23(30)26-17-5-7-18(8-6-17)28-12-11-15-13-16(21(24)25-2)4-9-19(15)22(28)29/h3-13H,1-2H3,(H2,24,25)(H2,26,27,30). The first-order chi connectivity index (χ1) is 16.2. The Morgan fingerprint density at radius 1 is 1.03 bits per heavy atom. The third-order valence-corrected chi connectivity index (χ3v) is 7.88. The fraction of sp³-hybridized carbons (Fsp3) is 0.0870. The van der Waals surface area contributed by atoms with Crippen LogP contribution in [0.5, 0.6) is 0 Å². The number of anilines is 1. The van der Waals surface area contributed by atoms with E-state index in [2.05, 4.69) is 10.6 Å². The van der Waals surface area contributed by atoms with E-state index in [1.54, 1.807) is 74.8 Å². The van der Waals surface area contributed by atoms with Gasteiger partial charge >= 0.3 is 6.03 Å². The second kappa shape index (κ2) is 9.12. The lowest BCUT2D eigenvalue weighted by Gasteiger charge is -2.11. The number of aromatic nitrogens is 1. The number of amides is 2. The van der Waals surface area contributed by atoms with Crippen molar-refractivity contribution in [3.05, 3.63) is 87.7 Å². The first-order valence-electron chi connectivity index (χ1n) is 10.1. The molecule has 34 heavy (non-hydrogen) atoms. The SMILES string of the molecule is CNC(=N)c1ccc2c(=O)n(-c3ccc(NC(=O)NS(=O)(=O)c4ccc(C)s4)cc3)ccc2c1. The zero-order chi connectivity index (χ0) is 24.5. The van der Waals surface area contributed by atoms with Crippen LogP contribution in [0.4, 0.5) is 10.5 Å². The van der Waals surface area contributed by atoms with E-state index < -0.39 is 16.1 Å². The van der Waals surface area contributed by atoms with Crippen LogP contribution >= 0.6 is 11.3 Å². The third-order valence-electron chi connectivity index (χ3n) is 5.05. The number of nitrogens with one attached hydrogen (secondary N) is 4. The van der Waals surface area contributed by atoms with Gasteiger partial charge in [-0.2, -0.15) is 0 Å². The number of sulfonamides is 1. The van der Waals surface area contributed by atoms with Crippen LogP contribution in [-0.4, -0.2) is 31.9 Å². The quantitative estimate of drug-likeness (QED) is 0.249. The highest BCUT2D eigenvalue weighted by atomic mass is 32.2. The van der Waals surface area contributed by atoms with Crippen molar-refractivity contribution in [3.8, 4) is 5.69 Å². The van der Waals surface area contributed by atoms with Gasteiger partial charge < -0.3 is 10.6 Å². The fourth-order valence-corrected chi connectivity index (χ4v) is 5.53. The number of amidine groups is 1. The van der Waals surface area contributed by atoms with E-state index in [1.807, 2.05) is 4.72 Å². The van der Waals surface area contributed by atoms with Gasteiger partial charge in [0.15, 0.2) is 0 Å². The van der Waals surface area contributed by atoms with E-state index in [0.29, 0.717) is 22.3 Å². The lowest BCUT2D eigenvalue weighted by atomic mass is 10.1. The Morgan fingerprint density at radius 3 is 2.41 bits per heavy atom. The Morgan fingerprint density at radius 2 is 1.76 bits per heavy atom. The number of nitrogens with zero attached hydrogens (tertiary/aromatic N) is 1. The summed E-state index contributed by atoms with van der Waals surface area (Å²) in [5.41, 5.74) is 1.39. The van der Waals surface area contributed by atoms with Crippen molar-refractivity contribution in [2.24, 2.45) is 0 Å². The second-order valence-corrected chi connectivity index (χ2v) is 10.6. The van der Waals surface area contributed by atoms with Crippen LogP contribution in [0.25, 0.3) is 16.5 Å². The van der Waals surface area contributed by atoms with Crippen molar-refractivity contribution in [2.75, 3.05) is 12.4 Å². The molecule has 9 nitrogen and oxygen atoms in total. The summed E-state index contributed by atoms with van der Waals surface area (Å²) in [4.78, 5) is 26.0. The minimum Gasteiger partial charge on any atom is -0.373 e. The van der Waals surface area contributed by atoms with E-state index >= 15 is 0 Å². The van der Waals surface area contributed by atoms with Gasteiger partial charge in [0.25, 0.3) is 15.6 Å². The van der Waals surface area contributed by atoms with Gasteiger partial charge in [0, 0.05) is 40.4 Å². The Labute approximate surface area is 199 Å². The zero-order valence-corrected chi connectivity index (χ0v) is 19.9. The predicted octanol–water partition coefficient (Wildman–Crippen LogP) is 3.42. The number of carbonyl (C=O) groups excluding carboxylic acids is 1. The number of rotatable bonds is 5. The first kappa shape index (κ1) is 23.2. The van der Waals surface area contributed by atoms with Gasteiger partial charge in [-0.3, -0.25) is 14.8 Å². The van der Waals surface area contributed by atoms with Crippen molar-refractivity contribution in [1.82, 2.24) is 14.6 Å². The van der Waals surface area contributed by atoms with E-state index in [1.165, 1.54) is 10.6 Å². The van der Waals surface area contributed by atoms with Crippen LogP contribution in [-0.2, 0) is 10.0 Å². The van der Waals surface area contributed by atoms with E-state index in [-0.39, 0.29) is 15.6 Å². The maximum Gasteiger partial charge on any atom is 0.333 e. The number of fused-ring (bicyclic) bond motifs is 1. The van der Waals surface area contributed by atoms with Crippen molar-refractivity contribution in [3.63, 3.8) is 0 Å². The molecule has 174 valence electrons. The number of hydrogen-bond donors (Lipinski definition) is 4. The molecule has 0 unspecified atom stereocenters. The molecule has 2 amide bonds. The molecule has 4 rings (SSSR count). The zero-order valence-electron chi connectivity index (χ0n) is 18.2. The molecule has 0 bridgehead atoms. The minimum absolute atomic E-state index is 0.0566. The lowest BCUT2D eigenvalue weighted by Crippen LogP contribution is -2.33. The van der Waals surface area contributed by atoms with Crippen LogP contribution in [0.3, 0.4) is 0 Å². The maximum absolute atomic E-state index is 13.0. The molecule has 0 saturated heterocycles. The minimum atomic E-state index is -3.95. The van der Waals surface area contributed by atoms with E-state index in [9.17, 15) is 18.0 Å². The Balaban J connectivity index is 1.52. The molecular formula is C23H21N5O4S2. The molecule has 0 saturated carbocycles. The number of urea groups is 1. The number of aryl methyl sites for hydroxylation is 1. The normalized spacial score (nSPS) is 11.2. The monoisotopic (exact) mass is 495 g/mol. The molecule has 2 aromatic carbocycles. The summed E-state index contributed by atoms with van der Waals surface area (Å²) in [5, 5.41) is 14.4. The van der Waals surface area contributed by atoms with Gasteiger partial charge in [0.1, 0.15) is 10.0 Å². The van der Waals surface area contributed by atoms with Gasteiger partial charge in [0.05, 0.1) is 0 Å².